The summed E-state index contributed by atoms with van der Waals surface area (Å²) in [4.78, 5) is 19.4. The summed E-state index contributed by atoms with van der Waals surface area (Å²) in [5, 5.41) is 11.4. The predicted molar refractivity (Wildman–Crippen MR) is 83.7 cm³/mol. The number of sulfonamides is 1. The number of amides is 1. The third kappa shape index (κ3) is 3.29. The fraction of sp³-hybridized carbons (Fsp3) is 0.273. The van der Waals surface area contributed by atoms with Crippen LogP contribution in [0.5, 0.6) is 5.88 Å². The van der Waals surface area contributed by atoms with E-state index in [1.165, 1.54) is 10.7 Å². The summed E-state index contributed by atoms with van der Waals surface area (Å²) in [6.45, 7) is 0.687. The molecule has 3 N–H and O–H groups in total. The van der Waals surface area contributed by atoms with Gasteiger partial charge >= 0.3 is 0 Å². The molecular weight excluding hydrogens is 383 g/mol. The lowest BCUT2D eigenvalue weighted by Gasteiger charge is -2.15. The number of hydrogen-bond donors (Lipinski definition) is 2. The van der Waals surface area contributed by atoms with Crippen molar-refractivity contribution in [2.45, 2.75) is 17.9 Å². The quantitative estimate of drug-likeness (QED) is 0.730. The number of primary sulfonamides is 1. The van der Waals surface area contributed by atoms with Crippen molar-refractivity contribution in [3.05, 3.63) is 22.1 Å². The second-order valence-corrected chi connectivity index (χ2v) is 7.02. The van der Waals surface area contributed by atoms with Gasteiger partial charge in [0.1, 0.15) is 10.3 Å². The summed E-state index contributed by atoms with van der Waals surface area (Å²) in [6, 6.07) is 1.28. The normalized spacial score (nSPS) is 14.0. The van der Waals surface area contributed by atoms with Gasteiger partial charge in [-0.25, -0.2) is 28.2 Å². The second-order valence-electron chi connectivity index (χ2n) is 4.74. The van der Waals surface area contributed by atoms with Crippen molar-refractivity contribution in [3.8, 4) is 5.88 Å². The Morgan fingerprint density at radius 2 is 2.00 bits per heavy atom. The van der Waals surface area contributed by atoms with Crippen molar-refractivity contribution >= 4 is 45.1 Å². The van der Waals surface area contributed by atoms with Crippen molar-refractivity contribution in [1.82, 2.24) is 19.7 Å². The Hall–Kier alpha value is -1.95. The van der Waals surface area contributed by atoms with E-state index in [9.17, 15) is 13.2 Å². The van der Waals surface area contributed by atoms with Gasteiger partial charge in [-0.1, -0.05) is 23.2 Å². The summed E-state index contributed by atoms with van der Waals surface area (Å²) < 4.78 is 30.2. The highest BCUT2D eigenvalue weighted by atomic mass is 35.5. The second kappa shape index (κ2) is 6.16. The monoisotopic (exact) mass is 392 g/mol. The highest BCUT2D eigenvalue weighted by Gasteiger charge is 2.33. The molecule has 24 heavy (non-hydrogen) atoms. The summed E-state index contributed by atoms with van der Waals surface area (Å²) in [7, 11) is -4.25. The molecule has 0 bridgehead atoms. The predicted octanol–water partition coefficient (Wildman–Crippen LogP) is 0.662. The van der Waals surface area contributed by atoms with Crippen molar-refractivity contribution in [2.24, 2.45) is 5.14 Å². The fourth-order valence-electron chi connectivity index (χ4n) is 2.12. The van der Waals surface area contributed by atoms with E-state index in [1.54, 1.807) is 0 Å². The molecule has 1 amide bonds. The molecule has 128 valence electrons. The van der Waals surface area contributed by atoms with Gasteiger partial charge in [0.15, 0.2) is 10.6 Å². The number of nitrogens with two attached hydrogens (primary N) is 1. The van der Waals surface area contributed by atoms with Gasteiger partial charge in [-0.3, -0.25) is 10.1 Å². The number of ether oxygens (including phenoxy) is 1. The molecule has 10 nitrogen and oxygen atoms in total. The molecule has 0 aliphatic carbocycles. The number of rotatable bonds is 3. The van der Waals surface area contributed by atoms with Crippen LogP contribution >= 0.6 is 23.2 Å². The van der Waals surface area contributed by atoms with E-state index in [2.05, 4.69) is 20.4 Å². The summed E-state index contributed by atoms with van der Waals surface area (Å²) >= 11 is 11.4. The van der Waals surface area contributed by atoms with Crippen LogP contribution in [0.25, 0.3) is 0 Å². The molecular formula is C11H10Cl2N6O4S. The first-order chi connectivity index (χ1) is 11.3. The van der Waals surface area contributed by atoms with Crippen molar-refractivity contribution in [2.75, 3.05) is 11.9 Å². The molecule has 1 aliphatic rings. The zero-order valence-electron chi connectivity index (χ0n) is 11.9. The van der Waals surface area contributed by atoms with E-state index in [1.807, 2.05) is 0 Å². The summed E-state index contributed by atoms with van der Waals surface area (Å²) in [6.07, 6.45) is 0.618. The number of carbonyl (C=O) groups is 1. The minimum absolute atomic E-state index is 0.00411. The van der Waals surface area contributed by atoms with Crippen LogP contribution in [0, 0.1) is 0 Å². The molecule has 1 aliphatic heterocycles. The standard InChI is InChI=1S/C11H10Cl2N6O4S/c12-5-4-6(13)16-11(15-5)17-9(20)7-8(24(14,21)22)10-19(18-7)2-1-3-23-10/h4H,1-3H2,(H2,14,21,22)(H,15,16,17,20). The molecule has 3 rings (SSSR count). The first-order valence-corrected chi connectivity index (χ1v) is 8.84. The van der Waals surface area contributed by atoms with Crippen LogP contribution in [0.3, 0.4) is 0 Å². The van der Waals surface area contributed by atoms with E-state index in [4.69, 9.17) is 33.1 Å². The van der Waals surface area contributed by atoms with Gasteiger partial charge in [0.05, 0.1) is 6.61 Å². The number of carbonyl (C=O) groups excluding carboxylic acids is 1. The van der Waals surface area contributed by atoms with Crippen molar-refractivity contribution in [1.29, 1.82) is 0 Å². The average Bonchev–Trinajstić information content (AvgIpc) is 2.85. The Morgan fingerprint density at radius 1 is 1.33 bits per heavy atom. The van der Waals surface area contributed by atoms with Crippen LogP contribution < -0.4 is 15.2 Å². The van der Waals surface area contributed by atoms with Gasteiger partial charge in [0, 0.05) is 19.0 Å². The highest BCUT2D eigenvalue weighted by Crippen LogP contribution is 2.30. The number of nitrogens with zero attached hydrogens (tertiary/aromatic N) is 4. The maximum absolute atomic E-state index is 12.4. The molecule has 0 saturated heterocycles. The zero-order chi connectivity index (χ0) is 17.5. The number of halogens is 2. The molecule has 13 heteroatoms. The Balaban J connectivity index is 2.02. The molecule has 0 aromatic carbocycles. The SMILES string of the molecule is NS(=O)(=O)c1c(C(=O)Nc2nc(Cl)cc(Cl)n2)nn2c1OCCC2. The van der Waals surface area contributed by atoms with Crippen LogP contribution in [0.1, 0.15) is 16.9 Å². The number of hydrogen-bond acceptors (Lipinski definition) is 7. The number of fused-ring (bicyclic) bond motifs is 1. The van der Waals surface area contributed by atoms with E-state index in [-0.39, 0.29) is 22.1 Å². The number of anilines is 1. The number of aromatic nitrogens is 4. The molecule has 0 spiro atoms. The molecule has 2 aromatic rings. The van der Waals surface area contributed by atoms with E-state index in [0.717, 1.165) is 0 Å². The minimum Gasteiger partial charge on any atom is -0.477 e. The largest absolute Gasteiger partial charge is 0.477 e. The number of nitrogens with one attached hydrogen (secondary N) is 1. The molecule has 0 radical (unpaired) electrons. The molecule has 2 aromatic heterocycles. The van der Waals surface area contributed by atoms with Crippen LogP contribution in [0.15, 0.2) is 11.0 Å². The third-order valence-corrected chi connectivity index (χ3v) is 4.33. The lowest BCUT2D eigenvalue weighted by atomic mass is 10.4. The Morgan fingerprint density at radius 3 is 2.62 bits per heavy atom. The zero-order valence-corrected chi connectivity index (χ0v) is 14.2. The van der Waals surface area contributed by atoms with E-state index < -0.39 is 26.5 Å². The van der Waals surface area contributed by atoms with Crippen LogP contribution in [0.4, 0.5) is 5.95 Å². The smallest absolute Gasteiger partial charge is 0.280 e. The Bertz CT molecular complexity index is 909. The van der Waals surface area contributed by atoms with Gasteiger partial charge in [-0.2, -0.15) is 5.10 Å². The lowest BCUT2D eigenvalue weighted by Crippen LogP contribution is -2.21. The number of aryl methyl sites for hydroxylation is 1. The maximum atomic E-state index is 12.4. The summed E-state index contributed by atoms with van der Waals surface area (Å²) in [5.41, 5.74) is -0.422. The highest BCUT2D eigenvalue weighted by molar-refractivity contribution is 7.89. The van der Waals surface area contributed by atoms with Gasteiger partial charge in [0.25, 0.3) is 5.91 Å². The summed E-state index contributed by atoms with van der Waals surface area (Å²) in [5.74, 6) is -1.16. The topological polar surface area (TPSA) is 142 Å². The van der Waals surface area contributed by atoms with Crippen molar-refractivity contribution in [3.63, 3.8) is 0 Å². The van der Waals surface area contributed by atoms with Gasteiger partial charge < -0.3 is 4.74 Å². The first kappa shape index (κ1) is 16.9. The third-order valence-electron chi connectivity index (χ3n) is 3.01. The van der Waals surface area contributed by atoms with Gasteiger partial charge in [0.2, 0.25) is 21.9 Å². The minimum atomic E-state index is -4.25. The molecule has 0 saturated carbocycles. The average molecular weight is 393 g/mol. The maximum Gasteiger partial charge on any atom is 0.280 e. The van der Waals surface area contributed by atoms with Gasteiger partial charge in [-0.15, -0.1) is 0 Å². The molecule has 3 heterocycles. The van der Waals surface area contributed by atoms with Crippen molar-refractivity contribution < 1.29 is 17.9 Å². The van der Waals surface area contributed by atoms with Crippen LogP contribution in [-0.2, 0) is 16.6 Å². The molecule has 0 fully saturated rings. The molecule has 0 atom stereocenters. The lowest BCUT2D eigenvalue weighted by molar-refractivity contribution is 0.101. The Kier molecular flexibility index (Phi) is 4.34. The van der Waals surface area contributed by atoms with Crippen LogP contribution in [-0.4, -0.2) is 40.7 Å². The van der Waals surface area contributed by atoms with Gasteiger partial charge in [-0.05, 0) is 0 Å². The first-order valence-electron chi connectivity index (χ1n) is 6.53. The van der Waals surface area contributed by atoms with E-state index in [0.29, 0.717) is 19.6 Å². The fourth-order valence-corrected chi connectivity index (χ4v) is 3.35. The van der Waals surface area contributed by atoms with Crippen LogP contribution in [0.2, 0.25) is 10.3 Å². The van der Waals surface area contributed by atoms with E-state index >= 15 is 0 Å². The Labute approximate surface area is 146 Å². The molecule has 0 unspecified atom stereocenters.